The minimum atomic E-state index is -0.181. The normalized spacial score (nSPS) is 15.0. The first-order valence-corrected chi connectivity index (χ1v) is 8.51. The van der Waals surface area contributed by atoms with Gasteiger partial charge in [0.15, 0.2) is 0 Å². The first kappa shape index (κ1) is 16.0. The van der Waals surface area contributed by atoms with Crippen LogP contribution in [0.3, 0.4) is 0 Å². The van der Waals surface area contributed by atoms with Gasteiger partial charge in [0.05, 0.1) is 6.10 Å². The number of hydrogen-bond acceptors (Lipinski definition) is 2. The van der Waals surface area contributed by atoms with E-state index in [9.17, 15) is 4.39 Å². The third-order valence-electron chi connectivity index (χ3n) is 4.39. The maximum atomic E-state index is 12.9. The van der Waals surface area contributed by atoms with Gasteiger partial charge in [0, 0.05) is 12.1 Å². The van der Waals surface area contributed by atoms with E-state index in [1.165, 1.54) is 43.4 Å². The Kier molecular flexibility index (Phi) is 5.65. The van der Waals surface area contributed by atoms with Crippen molar-refractivity contribution in [2.45, 2.75) is 44.8 Å². The van der Waals surface area contributed by atoms with Crippen molar-refractivity contribution in [2.24, 2.45) is 0 Å². The molecule has 0 amide bonds. The molecule has 1 aliphatic rings. The molecule has 23 heavy (non-hydrogen) atoms. The lowest BCUT2D eigenvalue weighted by atomic mass is 10.1. The summed E-state index contributed by atoms with van der Waals surface area (Å²) >= 11 is 0. The Hall–Kier alpha value is -1.87. The van der Waals surface area contributed by atoms with Gasteiger partial charge in [0.1, 0.15) is 11.6 Å². The lowest BCUT2D eigenvalue weighted by Gasteiger charge is -2.16. The molecule has 1 N–H and O–H groups in total. The second-order valence-electron chi connectivity index (χ2n) is 6.19. The third kappa shape index (κ3) is 4.80. The van der Waals surface area contributed by atoms with Crippen LogP contribution in [0.2, 0.25) is 0 Å². The number of rotatable bonds is 7. The van der Waals surface area contributed by atoms with Gasteiger partial charge < -0.3 is 10.1 Å². The highest BCUT2D eigenvalue weighted by Crippen LogP contribution is 2.26. The molecule has 1 aliphatic carbocycles. The molecule has 0 spiro atoms. The SMILES string of the molecule is Fc1ccc(CCNCc2ccccc2OC2CCCC2)cc1. The molecule has 0 atom stereocenters. The van der Waals surface area contributed by atoms with E-state index in [0.29, 0.717) is 6.10 Å². The molecule has 0 saturated heterocycles. The van der Waals surface area contributed by atoms with E-state index in [1.54, 1.807) is 0 Å². The van der Waals surface area contributed by atoms with E-state index in [2.05, 4.69) is 23.5 Å². The summed E-state index contributed by atoms with van der Waals surface area (Å²) in [6.07, 6.45) is 6.19. The number of halogens is 1. The zero-order valence-corrected chi connectivity index (χ0v) is 13.4. The minimum absolute atomic E-state index is 0.181. The Balaban J connectivity index is 1.48. The predicted molar refractivity (Wildman–Crippen MR) is 91.1 cm³/mol. The summed E-state index contributed by atoms with van der Waals surface area (Å²) in [5, 5.41) is 3.46. The zero-order valence-electron chi connectivity index (χ0n) is 13.4. The Morgan fingerprint density at radius 2 is 1.74 bits per heavy atom. The van der Waals surface area contributed by atoms with Crippen LogP contribution in [0.1, 0.15) is 36.8 Å². The Morgan fingerprint density at radius 3 is 2.52 bits per heavy atom. The highest BCUT2D eigenvalue weighted by molar-refractivity contribution is 5.33. The molecular weight excluding hydrogens is 289 g/mol. The lowest BCUT2D eigenvalue weighted by Crippen LogP contribution is -2.18. The average molecular weight is 313 g/mol. The van der Waals surface area contributed by atoms with Crippen LogP contribution in [-0.2, 0) is 13.0 Å². The molecule has 3 rings (SSSR count). The van der Waals surface area contributed by atoms with E-state index < -0.39 is 0 Å². The van der Waals surface area contributed by atoms with Crippen molar-refractivity contribution >= 4 is 0 Å². The molecule has 1 saturated carbocycles. The predicted octanol–water partition coefficient (Wildman–Crippen LogP) is 4.48. The van der Waals surface area contributed by atoms with Gasteiger partial charge in [0.2, 0.25) is 0 Å². The van der Waals surface area contributed by atoms with Gasteiger partial charge in [-0.15, -0.1) is 0 Å². The molecule has 0 unspecified atom stereocenters. The van der Waals surface area contributed by atoms with E-state index in [4.69, 9.17) is 4.74 Å². The summed E-state index contributed by atoms with van der Waals surface area (Å²) in [5.74, 6) is 0.827. The molecule has 0 heterocycles. The van der Waals surface area contributed by atoms with Crippen LogP contribution < -0.4 is 10.1 Å². The van der Waals surface area contributed by atoms with Crippen LogP contribution in [0.15, 0.2) is 48.5 Å². The van der Waals surface area contributed by atoms with Crippen LogP contribution in [-0.4, -0.2) is 12.6 Å². The van der Waals surface area contributed by atoms with Gasteiger partial charge in [-0.05, 0) is 62.4 Å². The Morgan fingerprint density at radius 1 is 1.00 bits per heavy atom. The fourth-order valence-corrected chi connectivity index (χ4v) is 3.06. The van der Waals surface area contributed by atoms with E-state index >= 15 is 0 Å². The highest BCUT2D eigenvalue weighted by atomic mass is 19.1. The van der Waals surface area contributed by atoms with Gasteiger partial charge in [-0.1, -0.05) is 30.3 Å². The summed E-state index contributed by atoms with van der Waals surface area (Å²) in [4.78, 5) is 0. The van der Waals surface area contributed by atoms with Crippen molar-refractivity contribution in [3.63, 3.8) is 0 Å². The standard InChI is InChI=1S/C20H24FNO/c21-18-11-9-16(10-12-18)13-14-22-15-17-5-1-4-8-20(17)23-19-6-2-3-7-19/h1,4-5,8-12,19,22H,2-3,6-7,13-15H2. The van der Waals surface area contributed by atoms with Gasteiger partial charge >= 0.3 is 0 Å². The number of nitrogens with one attached hydrogen (secondary N) is 1. The summed E-state index contributed by atoms with van der Waals surface area (Å²) in [6, 6.07) is 15.0. The summed E-state index contributed by atoms with van der Waals surface area (Å²) in [7, 11) is 0. The fourth-order valence-electron chi connectivity index (χ4n) is 3.06. The van der Waals surface area contributed by atoms with Crippen LogP contribution in [0.25, 0.3) is 0 Å². The van der Waals surface area contributed by atoms with Gasteiger partial charge in [0.25, 0.3) is 0 Å². The molecule has 2 nitrogen and oxygen atoms in total. The van der Waals surface area contributed by atoms with E-state index in [0.717, 1.165) is 30.8 Å². The second kappa shape index (κ2) is 8.11. The van der Waals surface area contributed by atoms with Crippen molar-refractivity contribution in [1.82, 2.24) is 5.32 Å². The maximum absolute atomic E-state index is 12.9. The van der Waals surface area contributed by atoms with Crippen molar-refractivity contribution in [2.75, 3.05) is 6.54 Å². The minimum Gasteiger partial charge on any atom is -0.490 e. The molecule has 0 aliphatic heterocycles. The van der Waals surface area contributed by atoms with Crippen molar-refractivity contribution in [3.05, 3.63) is 65.5 Å². The van der Waals surface area contributed by atoms with Gasteiger partial charge in [-0.2, -0.15) is 0 Å². The zero-order chi connectivity index (χ0) is 15.9. The molecular formula is C20H24FNO. The Labute approximate surface area is 137 Å². The van der Waals surface area contributed by atoms with Crippen LogP contribution in [0.5, 0.6) is 5.75 Å². The molecule has 2 aromatic carbocycles. The highest BCUT2D eigenvalue weighted by Gasteiger charge is 2.17. The largest absolute Gasteiger partial charge is 0.490 e. The smallest absolute Gasteiger partial charge is 0.124 e. The molecule has 0 aromatic heterocycles. The number of ether oxygens (including phenoxy) is 1. The van der Waals surface area contributed by atoms with Crippen molar-refractivity contribution in [3.8, 4) is 5.75 Å². The molecule has 122 valence electrons. The van der Waals surface area contributed by atoms with Gasteiger partial charge in [-0.25, -0.2) is 4.39 Å². The van der Waals surface area contributed by atoms with Gasteiger partial charge in [-0.3, -0.25) is 0 Å². The monoisotopic (exact) mass is 313 g/mol. The molecule has 3 heteroatoms. The number of benzene rings is 2. The van der Waals surface area contributed by atoms with Crippen molar-refractivity contribution in [1.29, 1.82) is 0 Å². The maximum Gasteiger partial charge on any atom is 0.124 e. The number of hydrogen-bond donors (Lipinski definition) is 1. The topological polar surface area (TPSA) is 21.3 Å². The lowest BCUT2D eigenvalue weighted by molar-refractivity contribution is 0.207. The van der Waals surface area contributed by atoms with Crippen LogP contribution >= 0.6 is 0 Å². The summed E-state index contributed by atoms with van der Waals surface area (Å²) in [6.45, 7) is 1.66. The van der Waals surface area contributed by atoms with Crippen LogP contribution in [0, 0.1) is 5.82 Å². The summed E-state index contributed by atoms with van der Waals surface area (Å²) in [5.41, 5.74) is 2.35. The molecule has 0 bridgehead atoms. The van der Waals surface area contributed by atoms with Crippen LogP contribution in [0.4, 0.5) is 4.39 Å². The molecule has 0 radical (unpaired) electrons. The Bertz CT molecular complexity index is 605. The second-order valence-corrected chi connectivity index (χ2v) is 6.19. The average Bonchev–Trinajstić information content (AvgIpc) is 3.08. The van der Waals surface area contributed by atoms with Crippen molar-refractivity contribution < 1.29 is 9.13 Å². The molecule has 2 aromatic rings. The third-order valence-corrected chi connectivity index (χ3v) is 4.39. The van der Waals surface area contributed by atoms with E-state index in [1.807, 2.05) is 18.2 Å². The quantitative estimate of drug-likeness (QED) is 0.761. The number of para-hydroxylation sites is 1. The first-order chi connectivity index (χ1) is 11.3. The fraction of sp³-hybridized carbons (Fsp3) is 0.400. The summed E-state index contributed by atoms with van der Waals surface area (Å²) < 4.78 is 19.0. The van der Waals surface area contributed by atoms with E-state index in [-0.39, 0.29) is 5.82 Å². The molecule has 1 fully saturated rings. The first-order valence-electron chi connectivity index (χ1n) is 8.51.